The van der Waals surface area contributed by atoms with Crippen LogP contribution in [0.3, 0.4) is 0 Å². The van der Waals surface area contributed by atoms with Crippen LogP contribution in [-0.4, -0.2) is 22.0 Å². The number of thiazole rings is 1. The van der Waals surface area contributed by atoms with Gasteiger partial charge in [0.1, 0.15) is 0 Å². The van der Waals surface area contributed by atoms with Gasteiger partial charge in [-0.3, -0.25) is 9.59 Å². The Bertz CT molecular complexity index is 903. The van der Waals surface area contributed by atoms with Crippen LogP contribution in [0.4, 0.5) is 5.69 Å². The first kappa shape index (κ1) is 15.6. The van der Waals surface area contributed by atoms with Crippen molar-refractivity contribution < 1.29 is 9.59 Å². The summed E-state index contributed by atoms with van der Waals surface area (Å²) in [6.45, 7) is 4.29. The maximum Gasteiger partial charge on any atom is 0.238 e. The Morgan fingerprint density at radius 3 is 2.48 bits per heavy atom. The van der Waals surface area contributed by atoms with Crippen molar-refractivity contribution in [3.8, 4) is 0 Å². The number of aromatic nitrogens is 1. The zero-order chi connectivity index (χ0) is 17.3. The summed E-state index contributed by atoms with van der Waals surface area (Å²) in [5, 5.41) is 0.476. The molecule has 1 aromatic heterocycles. The highest BCUT2D eigenvalue weighted by Crippen LogP contribution is 2.53. The number of carbonyl (C=O) groups is 2. The van der Waals surface area contributed by atoms with Crippen molar-refractivity contribution in [2.75, 3.05) is 4.90 Å². The first-order valence-corrected chi connectivity index (χ1v) is 10.4. The standard InChI is InChI=1S/C19H18N2O2S2/c1-9(2)24-19-20-13-6-5-12(8-14(13)25-19)21-17(22)15-10-3-4-11(7-10)16(15)18(21)23/h3-6,8-11,15-16H,7H2,1-2H3/t10-,11-,15-,16-/m0/s1. The van der Waals surface area contributed by atoms with Crippen LogP contribution in [0.25, 0.3) is 10.2 Å². The average molecular weight is 370 g/mol. The molecule has 2 amide bonds. The minimum Gasteiger partial charge on any atom is -0.274 e. The number of hydrogen-bond donors (Lipinski definition) is 0. The van der Waals surface area contributed by atoms with E-state index in [2.05, 4.69) is 31.0 Å². The molecule has 6 heteroatoms. The molecule has 5 rings (SSSR count). The molecule has 1 saturated heterocycles. The number of fused-ring (bicyclic) bond motifs is 6. The summed E-state index contributed by atoms with van der Waals surface area (Å²) in [6.07, 6.45) is 5.22. The van der Waals surface area contributed by atoms with Gasteiger partial charge in [-0.25, -0.2) is 9.88 Å². The van der Waals surface area contributed by atoms with Crippen molar-refractivity contribution in [2.24, 2.45) is 23.7 Å². The molecule has 4 nitrogen and oxygen atoms in total. The van der Waals surface area contributed by atoms with Gasteiger partial charge in [-0.05, 0) is 36.5 Å². The molecule has 3 aliphatic rings. The number of imide groups is 1. The van der Waals surface area contributed by atoms with Crippen LogP contribution in [0.2, 0.25) is 0 Å². The monoisotopic (exact) mass is 370 g/mol. The molecule has 0 radical (unpaired) electrons. The molecule has 2 aliphatic carbocycles. The minimum atomic E-state index is -0.147. The van der Waals surface area contributed by atoms with E-state index in [1.165, 1.54) is 4.90 Å². The van der Waals surface area contributed by atoms with Crippen LogP contribution in [-0.2, 0) is 9.59 Å². The van der Waals surface area contributed by atoms with Crippen molar-refractivity contribution in [3.05, 3.63) is 30.4 Å². The normalized spacial score (nSPS) is 30.3. The van der Waals surface area contributed by atoms with E-state index in [9.17, 15) is 9.59 Å². The average Bonchev–Trinajstić information content (AvgIpc) is 3.29. The van der Waals surface area contributed by atoms with Crippen LogP contribution in [0.1, 0.15) is 20.3 Å². The van der Waals surface area contributed by atoms with Crippen molar-refractivity contribution in [2.45, 2.75) is 29.9 Å². The van der Waals surface area contributed by atoms with Gasteiger partial charge in [0.25, 0.3) is 0 Å². The summed E-state index contributed by atoms with van der Waals surface area (Å²) in [7, 11) is 0. The Kier molecular flexibility index (Phi) is 3.38. The van der Waals surface area contributed by atoms with Crippen molar-refractivity contribution in [1.29, 1.82) is 0 Å². The van der Waals surface area contributed by atoms with Gasteiger partial charge < -0.3 is 0 Å². The number of hydrogen-bond acceptors (Lipinski definition) is 5. The first-order valence-electron chi connectivity index (χ1n) is 8.66. The van der Waals surface area contributed by atoms with E-state index in [1.54, 1.807) is 23.1 Å². The fourth-order valence-electron chi connectivity index (χ4n) is 4.44. The number of rotatable bonds is 3. The number of nitrogens with zero attached hydrogens (tertiary/aromatic N) is 2. The number of amides is 2. The zero-order valence-electron chi connectivity index (χ0n) is 14.0. The van der Waals surface area contributed by atoms with E-state index < -0.39 is 0 Å². The molecule has 1 aliphatic heterocycles. The van der Waals surface area contributed by atoms with Gasteiger partial charge >= 0.3 is 0 Å². The number of carbonyl (C=O) groups excluding carboxylic acids is 2. The Balaban J connectivity index is 1.51. The highest BCUT2D eigenvalue weighted by atomic mass is 32.2. The van der Waals surface area contributed by atoms with Gasteiger partial charge in [0.2, 0.25) is 11.8 Å². The van der Waals surface area contributed by atoms with E-state index in [4.69, 9.17) is 0 Å². The van der Waals surface area contributed by atoms with Crippen LogP contribution in [0.5, 0.6) is 0 Å². The largest absolute Gasteiger partial charge is 0.274 e. The predicted octanol–water partition coefficient (Wildman–Crippen LogP) is 4.11. The van der Waals surface area contributed by atoms with E-state index >= 15 is 0 Å². The van der Waals surface area contributed by atoms with E-state index in [0.29, 0.717) is 10.9 Å². The molecule has 0 spiro atoms. The summed E-state index contributed by atoms with van der Waals surface area (Å²) >= 11 is 3.36. The maximum atomic E-state index is 12.9. The molecular formula is C19H18N2O2S2. The topological polar surface area (TPSA) is 50.3 Å². The molecule has 1 aromatic carbocycles. The highest BCUT2D eigenvalue weighted by molar-refractivity contribution is 8.01. The molecule has 2 aromatic rings. The fraction of sp³-hybridized carbons (Fsp3) is 0.421. The molecule has 1 saturated carbocycles. The predicted molar refractivity (Wildman–Crippen MR) is 101 cm³/mol. The van der Waals surface area contributed by atoms with Gasteiger partial charge in [0.15, 0.2) is 4.34 Å². The van der Waals surface area contributed by atoms with Crippen LogP contribution < -0.4 is 4.90 Å². The second kappa shape index (κ2) is 5.42. The van der Waals surface area contributed by atoms with E-state index in [0.717, 1.165) is 21.0 Å². The third kappa shape index (κ3) is 2.23. The van der Waals surface area contributed by atoms with Gasteiger partial charge in [-0.1, -0.05) is 37.8 Å². The van der Waals surface area contributed by atoms with Gasteiger partial charge in [0, 0.05) is 5.25 Å². The quantitative estimate of drug-likeness (QED) is 0.463. The van der Waals surface area contributed by atoms with Gasteiger partial charge in [-0.15, -0.1) is 11.3 Å². The Morgan fingerprint density at radius 1 is 1.16 bits per heavy atom. The second-order valence-corrected chi connectivity index (χ2v) is 10.2. The first-order chi connectivity index (χ1) is 12.0. The summed E-state index contributed by atoms with van der Waals surface area (Å²) in [5.74, 6) is 0.161. The molecule has 2 heterocycles. The molecule has 4 atom stereocenters. The fourth-order valence-corrected chi connectivity index (χ4v) is 6.76. The molecule has 0 unspecified atom stereocenters. The zero-order valence-corrected chi connectivity index (χ0v) is 15.6. The summed E-state index contributed by atoms with van der Waals surface area (Å²) in [5.41, 5.74) is 1.62. The molecule has 128 valence electrons. The lowest BCUT2D eigenvalue weighted by atomic mass is 9.85. The van der Waals surface area contributed by atoms with Crippen molar-refractivity contribution >= 4 is 50.8 Å². The summed E-state index contributed by atoms with van der Waals surface area (Å²) < 4.78 is 2.06. The SMILES string of the molecule is CC(C)Sc1nc2ccc(N3C(=O)[C@@H]4[C@@H](C3=O)[C@H]3C=C[C@H]4C3)cc2s1. The lowest BCUT2D eigenvalue weighted by Gasteiger charge is -2.17. The Morgan fingerprint density at radius 2 is 1.84 bits per heavy atom. The maximum absolute atomic E-state index is 12.9. The smallest absolute Gasteiger partial charge is 0.238 e. The minimum absolute atomic E-state index is 0.0208. The molecule has 2 fully saturated rings. The van der Waals surface area contributed by atoms with Crippen LogP contribution in [0, 0.1) is 23.7 Å². The second-order valence-electron chi connectivity index (χ2n) is 7.31. The number of allylic oxidation sites excluding steroid dienone is 2. The molecule has 2 bridgehead atoms. The lowest BCUT2D eigenvalue weighted by Crippen LogP contribution is -2.32. The van der Waals surface area contributed by atoms with Crippen molar-refractivity contribution in [1.82, 2.24) is 4.98 Å². The van der Waals surface area contributed by atoms with Gasteiger partial charge in [0.05, 0.1) is 27.7 Å². The van der Waals surface area contributed by atoms with E-state index in [-0.39, 0.29) is 35.5 Å². The lowest BCUT2D eigenvalue weighted by molar-refractivity contribution is -0.123. The Labute approximate surface area is 154 Å². The highest BCUT2D eigenvalue weighted by Gasteiger charge is 2.59. The molecule has 0 N–H and O–H groups in total. The number of benzene rings is 1. The van der Waals surface area contributed by atoms with Crippen molar-refractivity contribution in [3.63, 3.8) is 0 Å². The van der Waals surface area contributed by atoms with Gasteiger partial charge in [-0.2, -0.15) is 0 Å². The summed E-state index contributed by atoms with van der Waals surface area (Å²) in [4.78, 5) is 31.9. The molecular weight excluding hydrogens is 352 g/mol. The Hall–Kier alpha value is -1.66. The summed E-state index contributed by atoms with van der Waals surface area (Å²) in [6, 6.07) is 5.73. The number of thioether (sulfide) groups is 1. The van der Waals surface area contributed by atoms with E-state index in [1.807, 2.05) is 18.2 Å². The number of anilines is 1. The third-order valence-electron chi connectivity index (χ3n) is 5.42. The molecule has 25 heavy (non-hydrogen) atoms. The van der Waals surface area contributed by atoms with Crippen LogP contribution in [0.15, 0.2) is 34.7 Å². The third-order valence-corrected chi connectivity index (χ3v) is 7.53. The van der Waals surface area contributed by atoms with Crippen LogP contribution >= 0.6 is 23.1 Å².